The van der Waals surface area contributed by atoms with Gasteiger partial charge in [0.05, 0.1) is 5.56 Å². The number of halogens is 4. The van der Waals surface area contributed by atoms with E-state index in [-0.39, 0.29) is 11.1 Å². The number of fused-ring (bicyclic) bond motifs is 1. The molecule has 2 aliphatic rings. The van der Waals surface area contributed by atoms with Gasteiger partial charge in [0, 0.05) is 0 Å². The van der Waals surface area contributed by atoms with Gasteiger partial charge in [-0.05, 0) is 72.4 Å². The molecule has 2 aromatic rings. The monoisotopic (exact) mass is 416 g/mol. The van der Waals surface area contributed by atoms with Gasteiger partial charge >= 0.3 is 0 Å². The Bertz CT molecular complexity index is 952. The third-order valence-corrected chi connectivity index (χ3v) is 7.05. The summed E-state index contributed by atoms with van der Waals surface area (Å²) in [7, 11) is 0. The average molecular weight is 417 g/mol. The summed E-state index contributed by atoms with van der Waals surface area (Å²) in [5, 5.41) is 0. The van der Waals surface area contributed by atoms with Gasteiger partial charge in [0.2, 0.25) is 0 Å². The van der Waals surface area contributed by atoms with E-state index >= 15 is 4.39 Å². The molecule has 0 heterocycles. The van der Waals surface area contributed by atoms with Crippen LogP contribution in [0.15, 0.2) is 35.9 Å². The quantitative estimate of drug-likeness (QED) is 0.343. The summed E-state index contributed by atoms with van der Waals surface area (Å²) in [5.74, 6) is -1.89. The number of hydrogen-bond acceptors (Lipinski definition) is 0. The summed E-state index contributed by atoms with van der Waals surface area (Å²) in [6, 6.07) is 4.33. The van der Waals surface area contributed by atoms with Crippen molar-refractivity contribution in [2.45, 2.75) is 64.7 Å². The van der Waals surface area contributed by atoms with E-state index in [9.17, 15) is 13.2 Å². The first-order valence-corrected chi connectivity index (χ1v) is 11.1. The second kappa shape index (κ2) is 8.95. The van der Waals surface area contributed by atoms with Crippen LogP contribution < -0.4 is 0 Å². The van der Waals surface area contributed by atoms with Gasteiger partial charge in [0.25, 0.3) is 0 Å². The Hall–Kier alpha value is -2.10. The largest absolute Gasteiger partial charge is 0.206 e. The zero-order chi connectivity index (χ0) is 21.3. The summed E-state index contributed by atoms with van der Waals surface area (Å²) < 4.78 is 56.7. The van der Waals surface area contributed by atoms with Crippen LogP contribution in [0.5, 0.6) is 0 Å². The Morgan fingerprint density at radius 2 is 1.60 bits per heavy atom. The van der Waals surface area contributed by atoms with E-state index in [0.717, 1.165) is 36.8 Å². The lowest BCUT2D eigenvalue weighted by molar-refractivity contribution is 0.258. The highest BCUT2D eigenvalue weighted by Crippen LogP contribution is 2.37. The molecule has 0 amide bonds. The molecule has 0 N–H and O–H groups in total. The summed E-state index contributed by atoms with van der Waals surface area (Å²) >= 11 is 0. The Morgan fingerprint density at radius 3 is 2.30 bits per heavy atom. The van der Waals surface area contributed by atoms with Crippen LogP contribution in [-0.4, -0.2) is 0 Å². The van der Waals surface area contributed by atoms with E-state index in [2.05, 4.69) is 13.0 Å². The Kier molecular flexibility index (Phi) is 6.31. The van der Waals surface area contributed by atoms with Crippen molar-refractivity contribution in [3.05, 3.63) is 70.3 Å². The highest BCUT2D eigenvalue weighted by Gasteiger charge is 2.24. The van der Waals surface area contributed by atoms with Crippen LogP contribution in [0.4, 0.5) is 17.6 Å². The number of allylic oxidation sites excluding steroid dienone is 2. The van der Waals surface area contributed by atoms with Gasteiger partial charge in [-0.25, -0.2) is 17.6 Å². The smallest absolute Gasteiger partial charge is 0.159 e. The summed E-state index contributed by atoms with van der Waals surface area (Å²) in [6.07, 6.45) is 11.7. The van der Waals surface area contributed by atoms with Gasteiger partial charge in [0.1, 0.15) is 11.6 Å². The maximum Gasteiger partial charge on any atom is 0.159 e. The maximum atomic E-state index is 15.1. The normalized spacial score (nSPS) is 21.3. The fourth-order valence-corrected chi connectivity index (χ4v) is 5.08. The molecular formula is C26H28F4. The van der Waals surface area contributed by atoms with Crippen molar-refractivity contribution >= 4 is 0 Å². The predicted molar refractivity (Wildman–Crippen MR) is 112 cm³/mol. The van der Waals surface area contributed by atoms with Crippen LogP contribution in [0, 0.1) is 35.1 Å². The molecule has 4 rings (SSSR count). The molecule has 0 spiro atoms. The first-order chi connectivity index (χ1) is 14.5. The zero-order valence-electron chi connectivity index (χ0n) is 17.4. The molecular weight excluding hydrogens is 388 g/mol. The molecule has 0 aromatic heterocycles. The van der Waals surface area contributed by atoms with Gasteiger partial charge in [0.15, 0.2) is 11.6 Å². The minimum atomic E-state index is -1.11. The van der Waals surface area contributed by atoms with E-state index < -0.39 is 23.3 Å². The van der Waals surface area contributed by atoms with Gasteiger partial charge in [-0.1, -0.05) is 56.7 Å². The van der Waals surface area contributed by atoms with Gasteiger partial charge in [-0.2, -0.15) is 0 Å². The zero-order valence-corrected chi connectivity index (χ0v) is 17.4. The molecule has 0 atom stereocenters. The molecule has 4 heteroatoms. The highest BCUT2D eigenvalue weighted by molar-refractivity contribution is 5.67. The molecule has 30 heavy (non-hydrogen) atoms. The van der Waals surface area contributed by atoms with Crippen LogP contribution in [0.2, 0.25) is 0 Å². The molecule has 0 nitrogen and oxygen atoms in total. The summed E-state index contributed by atoms with van der Waals surface area (Å²) in [4.78, 5) is 0. The second-order valence-corrected chi connectivity index (χ2v) is 8.89. The Balaban J connectivity index is 1.47. The first kappa shape index (κ1) is 21.1. The molecule has 0 unspecified atom stereocenters. The molecule has 0 saturated heterocycles. The van der Waals surface area contributed by atoms with Crippen molar-refractivity contribution in [3.8, 4) is 11.1 Å². The van der Waals surface area contributed by atoms with E-state index in [4.69, 9.17) is 0 Å². The van der Waals surface area contributed by atoms with Gasteiger partial charge in [-0.3, -0.25) is 0 Å². The number of rotatable bonds is 5. The standard InChI is InChI=1S/C26H28F4/c1-2-16-3-5-17(6-4-16)7-8-18-9-11-21-20(13-18)15-24(29)25(26(21)30)19-10-12-22(27)23(28)14-19/h9-10,12,14-17H,2-8,11,13H2,1H3. The average Bonchev–Trinajstić information content (AvgIpc) is 2.75. The van der Waals surface area contributed by atoms with Gasteiger partial charge in [-0.15, -0.1) is 0 Å². The van der Waals surface area contributed by atoms with E-state index in [1.807, 2.05) is 0 Å². The van der Waals surface area contributed by atoms with Gasteiger partial charge < -0.3 is 0 Å². The lowest BCUT2D eigenvalue weighted by Gasteiger charge is -2.28. The highest BCUT2D eigenvalue weighted by atomic mass is 19.2. The van der Waals surface area contributed by atoms with Crippen molar-refractivity contribution in [2.75, 3.05) is 0 Å². The SMILES string of the molecule is CCC1CCC(CCC2=CCc3c(cc(F)c(-c4ccc(F)c(F)c4)c3F)C2)CC1. The van der Waals surface area contributed by atoms with Crippen molar-refractivity contribution in [1.29, 1.82) is 0 Å². The fraction of sp³-hybridized carbons (Fsp3) is 0.462. The predicted octanol–water partition coefficient (Wildman–Crippen LogP) is 7.93. The Morgan fingerprint density at radius 1 is 0.867 bits per heavy atom. The van der Waals surface area contributed by atoms with Crippen LogP contribution in [-0.2, 0) is 12.8 Å². The molecule has 1 fully saturated rings. The maximum absolute atomic E-state index is 15.1. The molecule has 0 aliphatic heterocycles. The minimum absolute atomic E-state index is 0.0177. The topological polar surface area (TPSA) is 0 Å². The lowest BCUT2D eigenvalue weighted by atomic mass is 9.78. The lowest BCUT2D eigenvalue weighted by Crippen LogP contribution is -2.15. The van der Waals surface area contributed by atoms with Crippen LogP contribution in [0.3, 0.4) is 0 Å². The van der Waals surface area contributed by atoms with Crippen molar-refractivity contribution in [2.24, 2.45) is 11.8 Å². The molecule has 1 saturated carbocycles. The third-order valence-electron chi connectivity index (χ3n) is 7.05. The summed E-state index contributed by atoms with van der Waals surface area (Å²) in [6.45, 7) is 2.27. The van der Waals surface area contributed by atoms with Crippen molar-refractivity contribution in [3.63, 3.8) is 0 Å². The number of benzene rings is 2. The van der Waals surface area contributed by atoms with E-state index in [0.29, 0.717) is 24.0 Å². The van der Waals surface area contributed by atoms with E-state index in [1.165, 1.54) is 49.8 Å². The number of hydrogen-bond donors (Lipinski definition) is 0. The second-order valence-electron chi connectivity index (χ2n) is 8.89. The minimum Gasteiger partial charge on any atom is -0.206 e. The summed E-state index contributed by atoms with van der Waals surface area (Å²) in [5.41, 5.74) is 2.12. The van der Waals surface area contributed by atoms with Crippen LogP contribution in [0.1, 0.15) is 63.0 Å². The molecule has 2 aliphatic carbocycles. The van der Waals surface area contributed by atoms with Crippen molar-refractivity contribution in [1.82, 2.24) is 0 Å². The fourth-order valence-electron chi connectivity index (χ4n) is 5.08. The molecule has 2 aromatic carbocycles. The first-order valence-electron chi connectivity index (χ1n) is 11.1. The Labute approximate surface area is 176 Å². The van der Waals surface area contributed by atoms with Crippen LogP contribution >= 0.6 is 0 Å². The van der Waals surface area contributed by atoms with E-state index in [1.54, 1.807) is 0 Å². The molecule has 160 valence electrons. The third kappa shape index (κ3) is 4.33. The molecule has 0 radical (unpaired) electrons. The molecule has 0 bridgehead atoms. The van der Waals surface area contributed by atoms with Crippen LogP contribution in [0.25, 0.3) is 11.1 Å². The van der Waals surface area contributed by atoms with Crippen molar-refractivity contribution < 1.29 is 17.6 Å².